The summed E-state index contributed by atoms with van der Waals surface area (Å²) in [5, 5.41) is -0.0135. The topological polar surface area (TPSA) is 75.9 Å². The molecule has 1 aliphatic heterocycles. The highest BCUT2D eigenvalue weighted by atomic mass is 32.2. The quantitative estimate of drug-likeness (QED) is 0.841. The van der Waals surface area contributed by atoms with E-state index < -0.39 is 10.0 Å². The standard InChI is InChI=1S/C14H17N3O4S/c1-20-12-4-5-15-13(11-12)16-6-8-17(9-7-16)22(18,19)14-3-2-10-21-14/h2-5,10-11H,6-9H2,1H3. The van der Waals surface area contributed by atoms with Crippen molar-refractivity contribution in [2.24, 2.45) is 0 Å². The lowest BCUT2D eigenvalue weighted by Crippen LogP contribution is -2.48. The van der Waals surface area contributed by atoms with Crippen LogP contribution in [0.1, 0.15) is 0 Å². The summed E-state index contributed by atoms with van der Waals surface area (Å²) in [6, 6.07) is 6.66. The van der Waals surface area contributed by atoms with Crippen LogP contribution >= 0.6 is 0 Å². The number of furan rings is 1. The second-order valence-electron chi connectivity index (χ2n) is 4.88. The van der Waals surface area contributed by atoms with E-state index in [0.717, 1.165) is 11.6 Å². The number of pyridine rings is 1. The number of aromatic nitrogens is 1. The zero-order valence-electron chi connectivity index (χ0n) is 12.2. The van der Waals surface area contributed by atoms with Crippen molar-refractivity contribution in [2.75, 3.05) is 38.2 Å². The molecule has 0 amide bonds. The molecule has 2 aromatic heterocycles. The fourth-order valence-corrected chi connectivity index (χ4v) is 3.72. The molecule has 0 atom stereocenters. The number of ether oxygens (including phenoxy) is 1. The summed E-state index contributed by atoms with van der Waals surface area (Å²) in [6.45, 7) is 1.92. The average Bonchev–Trinajstić information content (AvgIpc) is 3.10. The number of sulfonamides is 1. The minimum Gasteiger partial charge on any atom is -0.497 e. The molecule has 118 valence electrons. The highest BCUT2D eigenvalue weighted by Crippen LogP contribution is 2.22. The van der Waals surface area contributed by atoms with Gasteiger partial charge in [-0.2, -0.15) is 4.31 Å². The van der Waals surface area contributed by atoms with Crippen molar-refractivity contribution < 1.29 is 17.6 Å². The van der Waals surface area contributed by atoms with Gasteiger partial charge in [0.1, 0.15) is 11.6 Å². The van der Waals surface area contributed by atoms with Gasteiger partial charge in [-0.15, -0.1) is 0 Å². The van der Waals surface area contributed by atoms with Crippen molar-refractivity contribution in [3.63, 3.8) is 0 Å². The van der Waals surface area contributed by atoms with Gasteiger partial charge in [0.05, 0.1) is 13.4 Å². The fourth-order valence-electron chi connectivity index (χ4n) is 2.39. The molecule has 3 heterocycles. The lowest BCUT2D eigenvalue weighted by Gasteiger charge is -2.34. The number of nitrogens with zero attached hydrogens (tertiary/aromatic N) is 3. The summed E-state index contributed by atoms with van der Waals surface area (Å²) in [7, 11) is -1.94. The third-order valence-corrected chi connectivity index (χ3v) is 5.39. The minimum absolute atomic E-state index is 0.0135. The van der Waals surface area contributed by atoms with E-state index in [2.05, 4.69) is 4.98 Å². The van der Waals surface area contributed by atoms with Crippen molar-refractivity contribution in [3.8, 4) is 5.75 Å². The maximum absolute atomic E-state index is 12.4. The number of anilines is 1. The van der Waals surface area contributed by atoms with Crippen LogP contribution in [0.5, 0.6) is 5.75 Å². The molecule has 7 nitrogen and oxygen atoms in total. The molecule has 1 aliphatic rings. The van der Waals surface area contributed by atoms with Crippen molar-refractivity contribution in [1.82, 2.24) is 9.29 Å². The first-order valence-corrected chi connectivity index (χ1v) is 8.34. The van der Waals surface area contributed by atoms with E-state index in [0.29, 0.717) is 26.2 Å². The van der Waals surface area contributed by atoms with Crippen molar-refractivity contribution in [3.05, 3.63) is 36.7 Å². The Balaban J connectivity index is 1.70. The molecule has 1 saturated heterocycles. The van der Waals surface area contributed by atoms with E-state index >= 15 is 0 Å². The van der Waals surface area contributed by atoms with E-state index in [9.17, 15) is 8.42 Å². The lowest BCUT2D eigenvalue weighted by molar-refractivity contribution is 0.360. The average molecular weight is 323 g/mol. The minimum atomic E-state index is -3.54. The van der Waals surface area contributed by atoms with Gasteiger partial charge >= 0.3 is 0 Å². The van der Waals surface area contributed by atoms with Gasteiger partial charge in [0.15, 0.2) is 0 Å². The molecular weight excluding hydrogens is 306 g/mol. The van der Waals surface area contributed by atoms with E-state index in [1.165, 1.54) is 16.6 Å². The number of methoxy groups -OCH3 is 1. The Morgan fingerprint density at radius 2 is 2.00 bits per heavy atom. The molecule has 0 radical (unpaired) electrons. The lowest BCUT2D eigenvalue weighted by atomic mass is 10.3. The van der Waals surface area contributed by atoms with Gasteiger partial charge in [0.2, 0.25) is 5.09 Å². The Hall–Kier alpha value is -2.06. The van der Waals surface area contributed by atoms with Crippen LogP contribution in [0.4, 0.5) is 5.82 Å². The smallest absolute Gasteiger partial charge is 0.276 e. The van der Waals surface area contributed by atoms with Crippen LogP contribution in [-0.4, -0.2) is 51.0 Å². The molecule has 0 unspecified atom stereocenters. The van der Waals surface area contributed by atoms with Gasteiger partial charge in [-0.25, -0.2) is 13.4 Å². The van der Waals surface area contributed by atoms with Crippen LogP contribution in [0.15, 0.2) is 46.2 Å². The van der Waals surface area contributed by atoms with Crippen LogP contribution in [0.2, 0.25) is 0 Å². The summed E-state index contributed by atoms with van der Waals surface area (Å²) >= 11 is 0. The molecule has 0 bridgehead atoms. The SMILES string of the molecule is COc1ccnc(N2CCN(S(=O)(=O)c3ccco3)CC2)c1. The molecule has 0 saturated carbocycles. The first-order chi connectivity index (χ1) is 10.6. The van der Waals surface area contributed by atoms with Crippen LogP contribution in [0.3, 0.4) is 0 Å². The highest BCUT2D eigenvalue weighted by molar-refractivity contribution is 7.89. The number of rotatable bonds is 4. The molecule has 0 N–H and O–H groups in total. The molecule has 8 heteroatoms. The van der Waals surface area contributed by atoms with E-state index in [-0.39, 0.29) is 5.09 Å². The fraction of sp³-hybridized carbons (Fsp3) is 0.357. The molecule has 2 aromatic rings. The van der Waals surface area contributed by atoms with Gasteiger partial charge in [-0.1, -0.05) is 0 Å². The molecule has 0 spiro atoms. The summed E-state index contributed by atoms with van der Waals surface area (Å²) in [5.41, 5.74) is 0. The predicted octanol–water partition coefficient (Wildman–Crippen LogP) is 1.19. The summed E-state index contributed by atoms with van der Waals surface area (Å²) in [4.78, 5) is 6.35. The second-order valence-corrected chi connectivity index (χ2v) is 6.75. The number of hydrogen-bond donors (Lipinski definition) is 0. The van der Waals surface area contributed by atoms with Gasteiger partial charge < -0.3 is 14.1 Å². The Bertz CT molecular complexity index is 722. The van der Waals surface area contributed by atoms with Crippen LogP contribution in [-0.2, 0) is 10.0 Å². The van der Waals surface area contributed by atoms with Crippen LogP contribution < -0.4 is 9.64 Å². The monoisotopic (exact) mass is 323 g/mol. The number of piperazine rings is 1. The number of hydrogen-bond acceptors (Lipinski definition) is 6. The summed E-state index contributed by atoms with van der Waals surface area (Å²) < 4.78 is 36.4. The van der Waals surface area contributed by atoms with Gasteiger partial charge in [0, 0.05) is 38.4 Å². The predicted molar refractivity (Wildman–Crippen MR) is 80.5 cm³/mol. The molecule has 1 fully saturated rings. The Morgan fingerprint density at radius 3 is 2.64 bits per heavy atom. The zero-order chi connectivity index (χ0) is 15.6. The van der Waals surface area contributed by atoms with Gasteiger partial charge in [0.25, 0.3) is 10.0 Å². The maximum Gasteiger partial charge on any atom is 0.276 e. The third kappa shape index (κ3) is 2.79. The molecule has 3 rings (SSSR count). The van der Waals surface area contributed by atoms with E-state index in [1.807, 2.05) is 11.0 Å². The van der Waals surface area contributed by atoms with Gasteiger partial charge in [-0.3, -0.25) is 0 Å². The highest BCUT2D eigenvalue weighted by Gasteiger charge is 2.30. The van der Waals surface area contributed by atoms with Crippen molar-refractivity contribution >= 4 is 15.8 Å². The summed E-state index contributed by atoms with van der Waals surface area (Å²) in [6.07, 6.45) is 3.05. The maximum atomic E-state index is 12.4. The second kappa shape index (κ2) is 5.98. The Morgan fingerprint density at radius 1 is 1.23 bits per heavy atom. The van der Waals surface area contributed by atoms with E-state index in [1.54, 1.807) is 25.4 Å². The summed E-state index contributed by atoms with van der Waals surface area (Å²) in [5.74, 6) is 1.52. The largest absolute Gasteiger partial charge is 0.497 e. The molecule has 0 aromatic carbocycles. The normalized spacial score (nSPS) is 16.7. The Kier molecular flexibility index (Phi) is 4.04. The first kappa shape index (κ1) is 14.9. The molecule has 22 heavy (non-hydrogen) atoms. The Labute approximate surface area is 129 Å². The third-order valence-electron chi connectivity index (χ3n) is 3.60. The van der Waals surface area contributed by atoms with Crippen molar-refractivity contribution in [1.29, 1.82) is 0 Å². The van der Waals surface area contributed by atoms with Crippen LogP contribution in [0, 0.1) is 0 Å². The van der Waals surface area contributed by atoms with Crippen LogP contribution in [0.25, 0.3) is 0 Å². The molecule has 0 aliphatic carbocycles. The van der Waals surface area contributed by atoms with Gasteiger partial charge in [-0.05, 0) is 18.2 Å². The van der Waals surface area contributed by atoms with Crippen molar-refractivity contribution in [2.45, 2.75) is 5.09 Å². The zero-order valence-corrected chi connectivity index (χ0v) is 13.0. The molecular formula is C14H17N3O4S. The van der Waals surface area contributed by atoms with E-state index in [4.69, 9.17) is 9.15 Å². The first-order valence-electron chi connectivity index (χ1n) is 6.90.